The third kappa shape index (κ3) is 3.21. The Morgan fingerprint density at radius 2 is 2.14 bits per heavy atom. The highest BCUT2D eigenvalue weighted by molar-refractivity contribution is 6.03. The molecule has 9 heteroatoms. The highest BCUT2D eigenvalue weighted by Gasteiger charge is 2.15. The van der Waals surface area contributed by atoms with Crippen LogP contribution >= 0.6 is 0 Å². The molecule has 108 valence electrons. The third-order valence-corrected chi connectivity index (χ3v) is 2.55. The first kappa shape index (κ1) is 14.2. The minimum atomic E-state index is -0.582. The van der Waals surface area contributed by atoms with E-state index in [0.29, 0.717) is 0 Å². The van der Waals surface area contributed by atoms with Crippen molar-refractivity contribution in [3.63, 3.8) is 0 Å². The van der Waals surface area contributed by atoms with Gasteiger partial charge in [0, 0.05) is 12.1 Å². The van der Waals surface area contributed by atoms with Gasteiger partial charge in [-0.05, 0) is 6.07 Å². The topological polar surface area (TPSA) is 133 Å². The van der Waals surface area contributed by atoms with Crippen LogP contribution in [-0.4, -0.2) is 27.9 Å². The molecule has 0 saturated carbocycles. The number of rotatable bonds is 4. The van der Waals surface area contributed by atoms with Crippen molar-refractivity contribution < 1.29 is 14.5 Å². The molecule has 3 N–H and O–H groups in total. The SMILES string of the molecule is COc1ccc([N+](=O)[O-])cc1NC(=O)c1cnc(N)cn1. The second kappa shape index (κ2) is 5.82. The van der Waals surface area contributed by atoms with Crippen molar-refractivity contribution in [1.82, 2.24) is 9.97 Å². The van der Waals surface area contributed by atoms with Gasteiger partial charge in [-0.3, -0.25) is 14.9 Å². The average Bonchev–Trinajstić information content (AvgIpc) is 2.47. The fourth-order valence-corrected chi connectivity index (χ4v) is 1.55. The molecule has 0 aliphatic heterocycles. The molecule has 2 rings (SSSR count). The van der Waals surface area contributed by atoms with Crippen LogP contribution in [0.4, 0.5) is 17.2 Å². The van der Waals surface area contributed by atoms with E-state index in [9.17, 15) is 14.9 Å². The highest BCUT2D eigenvalue weighted by atomic mass is 16.6. The predicted octanol–water partition coefficient (Wildman–Crippen LogP) is 1.23. The van der Waals surface area contributed by atoms with E-state index in [2.05, 4.69) is 15.3 Å². The Balaban J connectivity index is 2.29. The summed E-state index contributed by atoms with van der Waals surface area (Å²) in [7, 11) is 1.39. The second-order valence-corrected chi connectivity index (χ2v) is 3.92. The number of nitro benzene ring substituents is 1. The van der Waals surface area contributed by atoms with Crippen molar-refractivity contribution in [3.8, 4) is 5.75 Å². The fraction of sp³-hybridized carbons (Fsp3) is 0.0833. The van der Waals surface area contributed by atoms with Crippen LogP contribution < -0.4 is 15.8 Å². The van der Waals surface area contributed by atoms with E-state index in [1.807, 2.05) is 0 Å². The Morgan fingerprint density at radius 3 is 2.71 bits per heavy atom. The zero-order valence-corrected chi connectivity index (χ0v) is 10.9. The largest absolute Gasteiger partial charge is 0.495 e. The lowest BCUT2D eigenvalue weighted by atomic mass is 10.2. The number of amides is 1. The number of ether oxygens (including phenoxy) is 1. The first-order valence-corrected chi connectivity index (χ1v) is 5.72. The molecule has 2 aromatic rings. The molecular formula is C12H11N5O4. The van der Waals surface area contributed by atoms with Crippen molar-refractivity contribution >= 4 is 23.1 Å². The number of methoxy groups -OCH3 is 1. The number of hydrogen-bond donors (Lipinski definition) is 2. The fourth-order valence-electron chi connectivity index (χ4n) is 1.55. The number of carbonyl (C=O) groups is 1. The summed E-state index contributed by atoms with van der Waals surface area (Å²) in [6.45, 7) is 0. The standard InChI is InChI=1S/C12H11N5O4/c1-21-10-3-2-7(17(19)20)4-8(10)16-12(18)9-5-15-11(13)6-14-9/h2-6H,1H3,(H2,13,15)(H,16,18). The minimum absolute atomic E-state index is 0.0257. The van der Waals surface area contributed by atoms with Gasteiger partial charge in [-0.1, -0.05) is 0 Å². The van der Waals surface area contributed by atoms with Gasteiger partial charge in [0.25, 0.3) is 11.6 Å². The maximum Gasteiger partial charge on any atom is 0.275 e. The Hall–Kier alpha value is -3.23. The number of nitrogen functional groups attached to an aromatic ring is 1. The van der Waals surface area contributed by atoms with Crippen LogP contribution in [-0.2, 0) is 0 Å². The number of nitro groups is 1. The number of benzene rings is 1. The zero-order valence-electron chi connectivity index (χ0n) is 10.9. The normalized spacial score (nSPS) is 9.95. The van der Waals surface area contributed by atoms with Crippen LogP contribution in [0.25, 0.3) is 0 Å². The van der Waals surface area contributed by atoms with E-state index in [1.54, 1.807) is 0 Å². The molecule has 1 heterocycles. The summed E-state index contributed by atoms with van der Waals surface area (Å²) in [5, 5.41) is 13.2. The van der Waals surface area contributed by atoms with Crippen molar-refractivity contribution in [2.24, 2.45) is 0 Å². The van der Waals surface area contributed by atoms with Crippen LogP contribution in [0.3, 0.4) is 0 Å². The first-order valence-electron chi connectivity index (χ1n) is 5.72. The maximum absolute atomic E-state index is 12.0. The zero-order chi connectivity index (χ0) is 15.4. The first-order chi connectivity index (χ1) is 10.0. The van der Waals surface area contributed by atoms with E-state index in [1.165, 1.54) is 37.7 Å². The quantitative estimate of drug-likeness (QED) is 0.638. The lowest BCUT2D eigenvalue weighted by molar-refractivity contribution is -0.384. The summed E-state index contributed by atoms with van der Waals surface area (Å²) in [5.41, 5.74) is 5.39. The van der Waals surface area contributed by atoms with Crippen LogP contribution in [0, 0.1) is 10.1 Å². The molecule has 9 nitrogen and oxygen atoms in total. The van der Waals surface area contributed by atoms with Gasteiger partial charge in [0.15, 0.2) is 0 Å². The molecule has 1 aromatic heterocycles. The van der Waals surface area contributed by atoms with Gasteiger partial charge in [-0.25, -0.2) is 9.97 Å². The van der Waals surface area contributed by atoms with E-state index >= 15 is 0 Å². The summed E-state index contributed by atoms with van der Waals surface area (Å²) in [4.78, 5) is 29.7. The smallest absolute Gasteiger partial charge is 0.275 e. The molecule has 0 bridgehead atoms. The molecule has 0 atom stereocenters. The molecule has 0 aliphatic rings. The minimum Gasteiger partial charge on any atom is -0.495 e. The van der Waals surface area contributed by atoms with Crippen LogP contribution in [0.5, 0.6) is 5.75 Å². The summed E-state index contributed by atoms with van der Waals surface area (Å²) in [6, 6.07) is 3.86. The van der Waals surface area contributed by atoms with Crippen molar-refractivity contribution in [2.75, 3.05) is 18.2 Å². The summed E-state index contributed by atoms with van der Waals surface area (Å²) >= 11 is 0. The van der Waals surface area contributed by atoms with Crippen molar-refractivity contribution in [3.05, 3.63) is 46.4 Å². The molecule has 21 heavy (non-hydrogen) atoms. The van der Waals surface area contributed by atoms with Gasteiger partial charge in [0.2, 0.25) is 0 Å². The summed E-state index contributed by atoms with van der Waals surface area (Å²) in [5.74, 6) is -0.113. The van der Waals surface area contributed by atoms with Crippen molar-refractivity contribution in [2.45, 2.75) is 0 Å². The number of nitrogens with zero attached hydrogens (tertiary/aromatic N) is 3. The molecule has 0 unspecified atom stereocenters. The monoisotopic (exact) mass is 289 g/mol. The lowest BCUT2D eigenvalue weighted by Gasteiger charge is -2.09. The molecule has 0 aliphatic carbocycles. The molecule has 1 amide bonds. The van der Waals surface area contributed by atoms with Gasteiger partial charge >= 0.3 is 0 Å². The molecule has 0 fully saturated rings. The molecule has 0 radical (unpaired) electrons. The molecule has 0 spiro atoms. The number of carbonyl (C=O) groups excluding carboxylic acids is 1. The second-order valence-electron chi connectivity index (χ2n) is 3.92. The third-order valence-electron chi connectivity index (χ3n) is 2.55. The summed E-state index contributed by atoms with van der Waals surface area (Å²) in [6.07, 6.45) is 2.44. The van der Waals surface area contributed by atoms with Crippen molar-refractivity contribution in [1.29, 1.82) is 0 Å². The van der Waals surface area contributed by atoms with Gasteiger partial charge in [-0.15, -0.1) is 0 Å². The van der Waals surface area contributed by atoms with Crippen LogP contribution in [0.15, 0.2) is 30.6 Å². The molecule has 0 saturated heterocycles. The van der Waals surface area contributed by atoms with Crippen LogP contribution in [0.2, 0.25) is 0 Å². The van der Waals surface area contributed by atoms with Gasteiger partial charge in [-0.2, -0.15) is 0 Å². The Labute approximate surface area is 118 Å². The lowest BCUT2D eigenvalue weighted by Crippen LogP contribution is -2.15. The van der Waals surface area contributed by atoms with Gasteiger partial charge in [0.05, 0.1) is 30.1 Å². The maximum atomic E-state index is 12.0. The van der Waals surface area contributed by atoms with E-state index in [-0.39, 0.29) is 28.6 Å². The number of non-ortho nitro benzene ring substituents is 1. The molecule has 1 aromatic carbocycles. The van der Waals surface area contributed by atoms with Gasteiger partial charge in [0.1, 0.15) is 17.3 Å². The number of nitrogens with one attached hydrogen (secondary N) is 1. The van der Waals surface area contributed by atoms with Gasteiger partial charge < -0.3 is 15.8 Å². The molecular weight excluding hydrogens is 278 g/mol. The Kier molecular flexibility index (Phi) is 3.93. The Morgan fingerprint density at radius 1 is 1.38 bits per heavy atom. The van der Waals surface area contributed by atoms with E-state index in [4.69, 9.17) is 10.5 Å². The Bertz CT molecular complexity index is 687. The highest BCUT2D eigenvalue weighted by Crippen LogP contribution is 2.29. The number of hydrogen-bond acceptors (Lipinski definition) is 7. The number of nitrogens with two attached hydrogens (primary N) is 1. The van der Waals surface area contributed by atoms with Crippen LogP contribution in [0.1, 0.15) is 10.5 Å². The number of anilines is 2. The number of aromatic nitrogens is 2. The average molecular weight is 289 g/mol. The van der Waals surface area contributed by atoms with E-state index < -0.39 is 10.8 Å². The summed E-state index contributed by atoms with van der Waals surface area (Å²) < 4.78 is 5.04. The van der Waals surface area contributed by atoms with E-state index in [0.717, 1.165) is 0 Å². The predicted molar refractivity (Wildman–Crippen MR) is 74.0 cm³/mol.